The molecule has 0 aliphatic carbocycles. The number of methoxy groups -OCH3 is 2. The van der Waals surface area contributed by atoms with Crippen LogP contribution in [-0.2, 0) is 15.9 Å². The summed E-state index contributed by atoms with van der Waals surface area (Å²) in [5, 5.41) is 0.384. The fourth-order valence-electron chi connectivity index (χ4n) is 2.70. The number of rotatable bonds is 12. The molecule has 28 heavy (non-hydrogen) atoms. The van der Waals surface area contributed by atoms with Crippen LogP contribution in [0.1, 0.15) is 55.1 Å². The second-order valence-electron chi connectivity index (χ2n) is 6.78. The molecule has 0 bridgehead atoms. The maximum Gasteiger partial charge on any atom is 0.188 e. The zero-order valence-corrected chi connectivity index (χ0v) is 18.4. The van der Waals surface area contributed by atoms with Crippen molar-refractivity contribution in [2.75, 3.05) is 27.8 Å². The summed E-state index contributed by atoms with van der Waals surface area (Å²) in [4.78, 5) is 11.7. The van der Waals surface area contributed by atoms with Crippen molar-refractivity contribution in [3.05, 3.63) is 45.0 Å². The van der Waals surface area contributed by atoms with E-state index in [1.165, 1.54) is 25.4 Å². The summed E-state index contributed by atoms with van der Waals surface area (Å²) >= 11 is 6.50. The Bertz CT molecular complexity index is 718. The molecule has 0 aliphatic rings. The van der Waals surface area contributed by atoms with Gasteiger partial charge in [0, 0.05) is 19.8 Å². The van der Waals surface area contributed by atoms with E-state index in [1.54, 1.807) is 6.92 Å². The van der Waals surface area contributed by atoms with Gasteiger partial charge in [0.15, 0.2) is 19.9 Å². The van der Waals surface area contributed by atoms with Gasteiger partial charge >= 0.3 is 0 Å². The predicted molar refractivity (Wildman–Crippen MR) is 113 cm³/mol. The highest BCUT2D eigenvalue weighted by atomic mass is 35.5. The summed E-state index contributed by atoms with van der Waals surface area (Å²) in [6, 6.07) is 0. The van der Waals surface area contributed by atoms with Crippen LogP contribution in [0.25, 0.3) is 0 Å². The summed E-state index contributed by atoms with van der Waals surface area (Å²) in [6.45, 7) is 8.08. The van der Waals surface area contributed by atoms with Crippen molar-refractivity contribution < 1.29 is 23.7 Å². The van der Waals surface area contributed by atoms with Crippen LogP contribution in [0.3, 0.4) is 0 Å². The van der Waals surface area contributed by atoms with E-state index >= 15 is 0 Å². The van der Waals surface area contributed by atoms with E-state index < -0.39 is 0 Å². The van der Waals surface area contributed by atoms with Crippen molar-refractivity contribution >= 4 is 17.9 Å². The lowest BCUT2D eigenvalue weighted by Gasteiger charge is -2.20. The van der Waals surface area contributed by atoms with Crippen molar-refractivity contribution in [3.63, 3.8) is 0 Å². The van der Waals surface area contributed by atoms with Crippen LogP contribution in [0.4, 0.5) is 0 Å². The molecule has 0 unspecified atom stereocenters. The van der Waals surface area contributed by atoms with E-state index in [4.69, 9.17) is 30.5 Å². The molecule has 0 amide bonds. The van der Waals surface area contributed by atoms with Crippen LogP contribution in [0.2, 0.25) is 5.02 Å². The quantitative estimate of drug-likeness (QED) is 0.253. The van der Waals surface area contributed by atoms with E-state index in [2.05, 4.69) is 32.9 Å². The topological polar surface area (TPSA) is 54.0 Å². The average molecular weight is 411 g/mol. The lowest BCUT2D eigenvalue weighted by atomic mass is 9.98. The Morgan fingerprint density at radius 2 is 1.61 bits per heavy atom. The number of ether oxygens (including phenoxy) is 4. The van der Waals surface area contributed by atoms with Gasteiger partial charge in [-0.15, -0.1) is 0 Å². The molecule has 6 heteroatoms. The fourth-order valence-corrected chi connectivity index (χ4v) is 2.97. The summed E-state index contributed by atoms with van der Waals surface area (Å²) in [7, 11) is 3.06. The van der Waals surface area contributed by atoms with Crippen molar-refractivity contribution in [1.82, 2.24) is 0 Å². The highest BCUT2D eigenvalue weighted by Gasteiger charge is 2.23. The first-order valence-corrected chi connectivity index (χ1v) is 9.57. The minimum Gasteiger partial charge on any atom is -0.466 e. The molecule has 1 rings (SSSR count). The van der Waals surface area contributed by atoms with E-state index in [1.807, 2.05) is 0 Å². The fraction of sp³-hybridized carbons (Fsp3) is 0.500. The molecule has 0 saturated carbocycles. The zero-order chi connectivity index (χ0) is 21.1. The Hall–Kier alpha value is -1.82. The van der Waals surface area contributed by atoms with Gasteiger partial charge in [0.1, 0.15) is 11.5 Å². The minimum atomic E-state index is 0.0158. The Morgan fingerprint density at radius 3 is 2.14 bits per heavy atom. The molecule has 1 aromatic rings. The van der Waals surface area contributed by atoms with Crippen molar-refractivity contribution in [3.8, 4) is 11.5 Å². The summed E-state index contributed by atoms with van der Waals surface area (Å²) < 4.78 is 21.5. The second-order valence-corrected chi connectivity index (χ2v) is 7.16. The summed E-state index contributed by atoms with van der Waals surface area (Å²) in [5.41, 5.74) is 4.24. The average Bonchev–Trinajstić information content (AvgIpc) is 2.66. The van der Waals surface area contributed by atoms with Gasteiger partial charge in [-0.2, -0.15) is 0 Å². The number of carbonyl (C=O) groups excluding carboxylic acids is 1. The number of hydrogen-bond donors (Lipinski definition) is 0. The van der Waals surface area contributed by atoms with Gasteiger partial charge in [-0.05, 0) is 52.5 Å². The highest BCUT2D eigenvalue weighted by molar-refractivity contribution is 6.33. The molecule has 0 heterocycles. The monoisotopic (exact) mass is 410 g/mol. The molecular formula is C22H31ClO5. The Labute approximate surface area is 173 Å². The van der Waals surface area contributed by atoms with E-state index in [9.17, 15) is 4.79 Å². The normalized spacial score (nSPS) is 11.3. The molecule has 0 N–H and O–H groups in total. The molecular weight excluding hydrogens is 380 g/mol. The maximum absolute atomic E-state index is 11.7. The van der Waals surface area contributed by atoms with Crippen molar-refractivity contribution in [2.24, 2.45) is 0 Å². The number of allylic oxidation sites excluding steroid dienone is 4. The third-order valence-electron chi connectivity index (χ3n) is 4.23. The zero-order valence-electron chi connectivity index (χ0n) is 17.7. The number of carbonyl (C=O) groups is 1. The molecule has 0 saturated heterocycles. The molecule has 0 aromatic heterocycles. The molecule has 0 fully saturated rings. The van der Waals surface area contributed by atoms with Gasteiger partial charge in [0.05, 0.1) is 10.6 Å². The van der Waals surface area contributed by atoms with Crippen LogP contribution in [0.15, 0.2) is 23.3 Å². The second kappa shape index (κ2) is 12.6. The third kappa shape index (κ3) is 6.97. The summed E-state index contributed by atoms with van der Waals surface area (Å²) in [5.74, 6) is 0.893. The molecule has 5 nitrogen and oxygen atoms in total. The van der Waals surface area contributed by atoms with Gasteiger partial charge in [0.2, 0.25) is 0 Å². The number of benzene rings is 1. The predicted octanol–water partition coefficient (Wildman–Crippen LogP) is 5.66. The van der Waals surface area contributed by atoms with Gasteiger partial charge in [-0.3, -0.25) is 4.79 Å². The van der Waals surface area contributed by atoms with E-state index in [0.29, 0.717) is 39.6 Å². The van der Waals surface area contributed by atoms with Gasteiger partial charge in [-0.1, -0.05) is 34.9 Å². The summed E-state index contributed by atoms with van der Waals surface area (Å²) in [6.07, 6.45) is 7.52. The molecule has 0 spiro atoms. The van der Waals surface area contributed by atoms with Crippen LogP contribution in [0, 0.1) is 6.92 Å². The lowest BCUT2D eigenvalue weighted by Crippen LogP contribution is -2.10. The number of hydrogen-bond acceptors (Lipinski definition) is 5. The van der Waals surface area contributed by atoms with Gasteiger partial charge in [0.25, 0.3) is 0 Å². The first-order valence-electron chi connectivity index (χ1n) is 9.19. The Kier molecular flexibility index (Phi) is 10.9. The number of aldehydes is 1. The molecule has 0 atom stereocenters. The van der Waals surface area contributed by atoms with E-state index in [-0.39, 0.29) is 13.6 Å². The standard InChI is InChI=1S/C22H31ClO5/c1-15(2)8-7-9-16(3)10-11-18-21(27-13-25-5)19(12-24)17(4)20(23)22(18)28-14-26-6/h8,10,12H,7,9,11,13-14H2,1-6H3/b16-10+. The first-order chi connectivity index (χ1) is 13.4. The largest absolute Gasteiger partial charge is 0.466 e. The van der Waals surface area contributed by atoms with Gasteiger partial charge in [-0.25, -0.2) is 0 Å². The van der Waals surface area contributed by atoms with Crippen LogP contribution in [-0.4, -0.2) is 34.1 Å². The molecule has 0 aliphatic heterocycles. The third-order valence-corrected chi connectivity index (χ3v) is 4.69. The molecule has 0 radical (unpaired) electrons. The van der Waals surface area contributed by atoms with Crippen molar-refractivity contribution in [1.29, 1.82) is 0 Å². The molecule has 156 valence electrons. The Morgan fingerprint density at radius 1 is 1.00 bits per heavy atom. The Balaban J connectivity index is 3.34. The lowest BCUT2D eigenvalue weighted by molar-refractivity contribution is 0.0445. The smallest absolute Gasteiger partial charge is 0.188 e. The highest BCUT2D eigenvalue weighted by Crippen LogP contribution is 2.42. The maximum atomic E-state index is 11.7. The number of halogens is 1. The van der Waals surface area contributed by atoms with Crippen LogP contribution in [0.5, 0.6) is 11.5 Å². The van der Waals surface area contributed by atoms with Crippen LogP contribution >= 0.6 is 11.6 Å². The van der Waals surface area contributed by atoms with Gasteiger partial charge < -0.3 is 18.9 Å². The van der Waals surface area contributed by atoms with Crippen molar-refractivity contribution in [2.45, 2.75) is 47.0 Å². The molecule has 1 aromatic carbocycles. The SMILES string of the molecule is COCOc1c(Cl)c(C)c(C=O)c(OCOC)c1C/C=C(\C)CCC=C(C)C. The van der Waals surface area contributed by atoms with Crippen LogP contribution < -0.4 is 9.47 Å². The first kappa shape index (κ1) is 24.2. The minimum absolute atomic E-state index is 0.0158. The van der Waals surface area contributed by atoms with E-state index in [0.717, 1.165) is 19.1 Å².